The van der Waals surface area contributed by atoms with Crippen LogP contribution >= 0.6 is 0 Å². The van der Waals surface area contributed by atoms with Crippen molar-refractivity contribution in [2.75, 3.05) is 29.1 Å². The van der Waals surface area contributed by atoms with Gasteiger partial charge in [-0.05, 0) is 36.4 Å². The van der Waals surface area contributed by atoms with Crippen LogP contribution in [0.25, 0.3) is 0 Å². The molecule has 7 nitrogen and oxygen atoms in total. The van der Waals surface area contributed by atoms with Crippen LogP contribution in [0.15, 0.2) is 48.5 Å². The molecule has 3 N–H and O–H groups in total. The molecule has 2 aromatic rings. The van der Waals surface area contributed by atoms with Crippen molar-refractivity contribution < 1.29 is 19.1 Å². The van der Waals surface area contributed by atoms with Crippen LogP contribution in [0.5, 0.6) is 0 Å². The number of ether oxygens (including phenoxy) is 1. The van der Waals surface area contributed by atoms with E-state index in [4.69, 9.17) is 10.5 Å². The molecule has 0 aliphatic carbocycles. The Hall–Kier alpha value is -3.35. The molecule has 1 heterocycles. The zero-order chi connectivity index (χ0) is 17.1. The van der Waals surface area contributed by atoms with Crippen molar-refractivity contribution in [3.05, 3.63) is 54.1 Å². The van der Waals surface area contributed by atoms with Crippen molar-refractivity contribution >= 4 is 34.8 Å². The molecule has 0 spiro atoms. The maximum atomic E-state index is 12.3. The largest absolute Gasteiger partial charge is 0.452 e. The fraction of sp³-hybridized carbons (Fsp3) is 0.118. The number of para-hydroxylation sites is 2. The quantitative estimate of drug-likeness (QED) is 0.656. The highest BCUT2D eigenvalue weighted by molar-refractivity contribution is 6.10. The van der Waals surface area contributed by atoms with Crippen molar-refractivity contribution in [3.63, 3.8) is 0 Å². The predicted molar refractivity (Wildman–Crippen MR) is 88.6 cm³/mol. The summed E-state index contributed by atoms with van der Waals surface area (Å²) < 4.78 is 5.03. The van der Waals surface area contributed by atoms with Crippen LogP contribution in [-0.4, -0.2) is 30.9 Å². The molecule has 3 rings (SSSR count). The van der Waals surface area contributed by atoms with E-state index >= 15 is 0 Å². The monoisotopic (exact) mass is 325 g/mol. The zero-order valence-corrected chi connectivity index (χ0v) is 12.7. The Bertz CT molecular complexity index is 802. The molecule has 0 bridgehead atoms. The lowest BCUT2D eigenvalue weighted by Gasteiger charge is -2.28. The maximum absolute atomic E-state index is 12.3. The second-order valence-corrected chi connectivity index (χ2v) is 5.24. The molecule has 0 saturated carbocycles. The number of hydrogen-bond acceptors (Lipinski definition) is 5. The first-order chi connectivity index (χ1) is 11.5. The topological polar surface area (TPSA) is 102 Å². The molecule has 24 heavy (non-hydrogen) atoms. The molecule has 0 radical (unpaired) electrons. The number of nitrogens with two attached hydrogens (primary N) is 1. The van der Waals surface area contributed by atoms with Gasteiger partial charge in [0.2, 0.25) is 5.91 Å². The Labute approximate surface area is 138 Å². The van der Waals surface area contributed by atoms with Crippen molar-refractivity contribution in [3.8, 4) is 0 Å². The Balaban J connectivity index is 1.68. The van der Waals surface area contributed by atoms with E-state index in [1.54, 1.807) is 36.4 Å². The minimum atomic E-state index is -0.627. The smallest absolute Gasteiger partial charge is 0.338 e. The first-order valence-corrected chi connectivity index (χ1v) is 7.26. The Morgan fingerprint density at radius 3 is 2.58 bits per heavy atom. The van der Waals surface area contributed by atoms with Gasteiger partial charge in [0.25, 0.3) is 5.91 Å². The molecule has 0 atom stereocenters. The third-order valence-corrected chi connectivity index (χ3v) is 3.54. The third-order valence-electron chi connectivity index (χ3n) is 3.54. The van der Waals surface area contributed by atoms with Gasteiger partial charge in [-0.25, -0.2) is 4.79 Å². The average Bonchev–Trinajstić information content (AvgIpc) is 2.59. The van der Waals surface area contributed by atoms with Gasteiger partial charge in [0.15, 0.2) is 6.61 Å². The molecule has 2 amide bonds. The molecule has 0 fully saturated rings. The van der Waals surface area contributed by atoms with E-state index in [1.807, 2.05) is 0 Å². The van der Waals surface area contributed by atoms with Gasteiger partial charge in [0.1, 0.15) is 6.54 Å². The van der Waals surface area contributed by atoms with Gasteiger partial charge in [-0.15, -0.1) is 0 Å². The molecule has 0 unspecified atom stereocenters. The number of anilines is 3. The standard InChI is InChI=1S/C17H15N3O4/c18-12-7-5-11(6-8-12)17(23)24-10-16(22)20-9-15(21)19-13-3-1-2-4-14(13)20/h1-8H,9-10,18H2,(H,19,21). The van der Waals surface area contributed by atoms with Crippen LogP contribution < -0.4 is 16.0 Å². The van der Waals surface area contributed by atoms with Gasteiger partial charge < -0.3 is 15.8 Å². The molecule has 122 valence electrons. The van der Waals surface area contributed by atoms with Crippen LogP contribution in [0.4, 0.5) is 17.1 Å². The molecular weight excluding hydrogens is 310 g/mol. The van der Waals surface area contributed by atoms with E-state index in [1.165, 1.54) is 17.0 Å². The van der Waals surface area contributed by atoms with Crippen LogP contribution in [0.3, 0.4) is 0 Å². The van der Waals surface area contributed by atoms with Crippen LogP contribution in [-0.2, 0) is 14.3 Å². The second kappa shape index (κ2) is 6.41. The van der Waals surface area contributed by atoms with Crippen molar-refractivity contribution in [1.82, 2.24) is 0 Å². The van der Waals surface area contributed by atoms with Crippen molar-refractivity contribution in [1.29, 1.82) is 0 Å². The minimum absolute atomic E-state index is 0.116. The number of fused-ring (bicyclic) bond motifs is 1. The molecule has 1 aliphatic heterocycles. The Morgan fingerprint density at radius 1 is 1.12 bits per heavy atom. The molecule has 0 saturated heterocycles. The van der Waals surface area contributed by atoms with Gasteiger partial charge in [0, 0.05) is 5.69 Å². The third kappa shape index (κ3) is 3.19. The van der Waals surface area contributed by atoms with Gasteiger partial charge in [0.05, 0.1) is 16.9 Å². The first-order valence-electron chi connectivity index (χ1n) is 7.26. The Morgan fingerprint density at radius 2 is 1.83 bits per heavy atom. The summed E-state index contributed by atoms with van der Waals surface area (Å²) in [5.74, 6) is -1.40. The summed E-state index contributed by atoms with van der Waals surface area (Å²) in [6, 6.07) is 13.1. The number of hydrogen-bond donors (Lipinski definition) is 2. The lowest BCUT2D eigenvalue weighted by atomic mass is 10.2. The fourth-order valence-corrected chi connectivity index (χ4v) is 2.36. The Kier molecular flexibility index (Phi) is 4.15. The van der Waals surface area contributed by atoms with E-state index < -0.39 is 18.5 Å². The summed E-state index contributed by atoms with van der Waals surface area (Å²) in [7, 11) is 0. The number of carbonyl (C=O) groups is 3. The first kappa shape index (κ1) is 15.5. The second-order valence-electron chi connectivity index (χ2n) is 5.24. The molecule has 1 aliphatic rings. The predicted octanol–water partition coefficient (Wildman–Crippen LogP) is 1.41. The number of esters is 1. The summed E-state index contributed by atoms with van der Waals surface area (Å²) in [5.41, 5.74) is 7.50. The summed E-state index contributed by atoms with van der Waals surface area (Å²) in [6.07, 6.45) is 0. The van der Waals surface area contributed by atoms with E-state index in [0.717, 1.165) is 0 Å². The summed E-state index contributed by atoms with van der Waals surface area (Å²) >= 11 is 0. The van der Waals surface area contributed by atoms with Crippen LogP contribution in [0, 0.1) is 0 Å². The SMILES string of the molecule is Nc1ccc(C(=O)OCC(=O)N2CC(=O)Nc3ccccc32)cc1. The fourth-order valence-electron chi connectivity index (χ4n) is 2.36. The number of benzene rings is 2. The highest BCUT2D eigenvalue weighted by Crippen LogP contribution is 2.28. The number of carbonyl (C=O) groups excluding carboxylic acids is 3. The van der Waals surface area contributed by atoms with Gasteiger partial charge in [-0.1, -0.05) is 12.1 Å². The van der Waals surface area contributed by atoms with Crippen molar-refractivity contribution in [2.45, 2.75) is 0 Å². The van der Waals surface area contributed by atoms with E-state index in [2.05, 4.69) is 5.32 Å². The van der Waals surface area contributed by atoms with E-state index in [9.17, 15) is 14.4 Å². The number of amides is 2. The number of rotatable bonds is 3. The highest BCUT2D eigenvalue weighted by Gasteiger charge is 2.27. The van der Waals surface area contributed by atoms with Gasteiger partial charge in [-0.3, -0.25) is 14.5 Å². The van der Waals surface area contributed by atoms with Gasteiger partial charge >= 0.3 is 5.97 Å². The maximum Gasteiger partial charge on any atom is 0.338 e. The number of nitrogens with one attached hydrogen (secondary N) is 1. The number of nitrogens with zero attached hydrogens (tertiary/aromatic N) is 1. The van der Waals surface area contributed by atoms with Gasteiger partial charge in [-0.2, -0.15) is 0 Å². The summed E-state index contributed by atoms with van der Waals surface area (Å²) in [5, 5.41) is 2.69. The van der Waals surface area contributed by atoms with E-state index in [0.29, 0.717) is 22.6 Å². The van der Waals surface area contributed by atoms with E-state index in [-0.39, 0.29) is 12.5 Å². The normalized spacial score (nSPS) is 13.0. The summed E-state index contributed by atoms with van der Waals surface area (Å²) in [6.45, 7) is -0.569. The minimum Gasteiger partial charge on any atom is -0.452 e. The zero-order valence-electron chi connectivity index (χ0n) is 12.7. The lowest BCUT2D eigenvalue weighted by Crippen LogP contribution is -2.44. The van der Waals surface area contributed by atoms with Crippen LogP contribution in [0.1, 0.15) is 10.4 Å². The molecule has 7 heteroatoms. The van der Waals surface area contributed by atoms with Crippen LogP contribution in [0.2, 0.25) is 0 Å². The molecule has 2 aromatic carbocycles. The average molecular weight is 325 g/mol. The summed E-state index contributed by atoms with van der Waals surface area (Å²) in [4.78, 5) is 37.3. The highest BCUT2D eigenvalue weighted by atomic mass is 16.5. The number of nitrogen functional groups attached to an aromatic ring is 1. The molecule has 0 aromatic heterocycles. The molecular formula is C17H15N3O4. The van der Waals surface area contributed by atoms with Crippen molar-refractivity contribution in [2.24, 2.45) is 0 Å². The lowest BCUT2D eigenvalue weighted by molar-refractivity contribution is -0.124.